The lowest BCUT2D eigenvalue weighted by Crippen LogP contribution is -2.17. The molecular formula is C22H26O4. The van der Waals surface area contributed by atoms with Crippen molar-refractivity contribution in [3.05, 3.63) is 70.3 Å². The first kappa shape index (κ1) is 19.9. The summed E-state index contributed by atoms with van der Waals surface area (Å²) in [5.74, 6) is -1.22. The summed E-state index contributed by atoms with van der Waals surface area (Å²) in [6.45, 7) is 12.3. The number of benzene rings is 2. The number of rotatable bonds is 3. The lowest BCUT2D eigenvalue weighted by Gasteiger charge is -2.21. The Kier molecular flexibility index (Phi) is 5.38. The van der Waals surface area contributed by atoms with Gasteiger partial charge in [-0.05, 0) is 34.1 Å². The van der Waals surface area contributed by atoms with E-state index in [1.54, 1.807) is 24.3 Å². The maximum atomic E-state index is 12.9. The molecule has 4 nitrogen and oxygen atoms in total. The minimum absolute atomic E-state index is 0.0121. The molecule has 0 amide bonds. The molecule has 2 aromatic carbocycles. The van der Waals surface area contributed by atoms with Gasteiger partial charge in [-0.1, -0.05) is 71.9 Å². The highest BCUT2D eigenvalue weighted by Crippen LogP contribution is 2.27. The summed E-state index contributed by atoms with van der Waals surface area (Å²) in [5.41, 5.74) is 2.52. The maximum Gasteiger partial charge on any atom is 0.373 e. The second-order valence-corrected chi connectivity index (χ2v) is 8.55. The van der Waals surface area contributed by atoms with Gasteiger partial charge in [0, 0.05) is 11.1 Å². The molecule has 138 valence electrons. The van der Waals surface area contributed by atoms with Crippen molar-refractivity contribution in [3.63, 3.8) is 0 Å². The zero-order valence-corrected chi connectivity index (χ0v) is 16.2. The van der Waals surface area contributed by atoms with E-state index in [1.807, 2.05) is 39.0 Å². The number of ketones is 1. The number of hydrogen-bond donors (Lipinski definition) is 1. The Labute approximate surface area is 154 Å². The summed E-state index contributed by atoms with van der Waals surface area (Å²) in [5, 5.41) is 8.82. The van der Waals surface area contributed by atoms with Gasteiger partial charge in [-0.25, -0.2) is 4.79 Å². The van der Waals surface area contributed by atoms with Crippen molar-refractivity contribution in [1.29, 1.82) is 0 Å². The van der Waals surface area contributed by atoms with E-state index in [9.17, 15) is 9.59 Å². The summed E-state index contributed by atoms with van der Waals surface area (Å²) in [4.78, 5) is 28.8. The van der Waals surface area contributed by atoms with Crippen molar-refractivity contribution in [3.8, 4) is 0 Å². The van der Waals surface area contributed by atoms with Crippen LogP contribution in [0, 0.1) is 0 Å². The Balaban J connectivity index is 2.49. The van der Waals surface area contributed by atoms with Crippen molar-refractivity contribution in [1.82, 2.24) is 0 Å². The molecule has 0 atom stereocenters. The normalized spacial score (nSPS) is 12.0. The molecule has 0 saturated carbocycles. The number of hydrogen-bond acceptors (Lipinski definition) is 4. The van der Waals surface area contributed by atoms with Crippen molar-refractivity contribution in [2.75, 3.05) is 0 Å². The van der Waals surface area contributed by atoms with Gasteiger partial charge in [0.25, 0.3) is 0 Å². The molecule has 26 heavy (non-hydrogen) atoms. The Morgan fingerprint density at radius 1 is 0.769 bits per heavy atom. The average molecular weight is 354 g/mol. The van der Waals surface area contributed by atoms with E-state index in [4.69, 9.17) is 5.26 Å². The quantitative estimate of drug-likeness (QED) is 0.471. The van der Waals surface area contributed by atoms with Gasteiger partial charge in [0.05, 0.1) is 5.56 Å². The predicted molar refractivity (Wildman–Crippen MR) is 102 cm³/mol. The highest BCUT2D eigenvalue weighted by molar-refractivity contribution is 6.14. The van der Waals surface area contributed by atoms with Crippen LogP contribution in [0.15, 0.2) is 42.5 Å². The summed E-state index contributed by atoms with van der Waals surface area (Å²) in [6.07, 6.45) is 0. The topological polar surface area (TPSA) is 63.6 Å². The zero-order chi connectivity index (χ0) is 19.7. The monoisotopic (exact) mass is 354 g/mol. The third kappa shape index (κ3) is 4.20. The van der Waals surface area contributed by atoms with E-state index in [0.717, 1.165) is 11.1 Å². The van der Waals surface area contributed by atoms with Crippen molar-refractivity contribution >= 4 is 11.8 Å². The second-order valence-electron chi connectivity index (χ2n) is 8.55. The lowest BCUT2D eigenvalue weighted by atomic mass is 9.83. The highest BCUT2D eigenvalue weighted by Gasteiger charge is 2.24. The molecule has 0 aliphatic rings. The Bertz CT molecular complexity index is 819. The molecule has 0 radical (unpaired) electrons. The Morgan fingerprint density at radius 2 is 1.27 bits per heavy atom. The largest absolute Gasteiger partial charge is 0.373 e. The van der Waals surface area contributed by atoms with Crippen molar-refractivity contribution < 1.29 is 19.7 Å². The van der Waals surface area contributed by atoms with Crippen LogP contribution in [0.3, 0.4) is 0 Å². The molecule has 0 bridgehead atoms. The fourth-order valence-corrected chi connectivity index (χ4v) is 2.70. The molecule has 0 heterocycles. The van der Waals surface area contributed by atoms with E-state index >= 15 is 0 Å². The lowest BCUT2D eigenvalue weighted by molar-refractivity contribution is -0.182. The van der Waals surface area contributed by atoms with E-state index in [1.165, 1.54) is 0 Å². The number of carbonyl (C=O) groups is 2. The molecule has 0 spiro atoms. The SMILES string of the molecule is CC(C)(C)c1ccc(C(=O)c2ccc(C(C)(C)C)cc2C(=O)OO)cc1. The van der Waals surface area contributed by atoms with Crippen LogP contribution in [0.2, 0.25) is 0 Å². The van der Waals surface area contributed by atoms with Gasteiger partial charge in [-0.2, -0.15) is 5.26 Å². The van der Waals surface area contributed by atoms with E-state index in [-0.39, 0.29) is 27.7 Å². The van der Waals surface area contributed by atoms with Crippen LogP contribution in [0.5, 0.6) is 0 Å². The van der Waals surface area contributed by atoms with Crippen molar-refractivity contribution in [2.45, 2.75) is 52.4 Å². The number of carbonyl (C=O) groups excluding carboxylic acids is 2. The Hall–Kier alpha value is -2.46. The fourth-order valence-electron chi connectivity index (χ4n) is 2.70. The smallest absolute Gasteiger partial charge is 0.295 e. The summed E-state index contributed by atoms with van der Waals surface area (Å²) < 4.78 is 0. The molecule has 2 rings (SSSR count). The van der Waals surface area contributed by atoms with Gasteiger partial charge in [0.1, 0.15) is 0 Å². The molecule has 1 N–H and O–H groups in total. The van der Waals surface area contributed by atoms with E-state index < -0.39 is 5.97 Å². The molecule has 0 aliphatic carbocycles. The van der Waals surface area contributed by atoms with Crippen LogP contribution in [0.25, 0.3) is 0 Å². The summed E-state index contributed by atoms with van der Waals surface area (Å²) in [7, 11) is 0. The zero-order valence-electron chi connectivity index (χ0n) is 16.2. The molecule has 4 heteroatoms. The van der Waals surface area contributed by atoms with Gasteiger partial charge >= 0.3 is 5.97 Å². The highest BCUT2D eigenvalue weighted by atomic mass is 17.1. The van der Waals surface area contributed by atoms with Crippen LogP contribution in [-0.2, 0) is 15.7 Å². The third-order valence-electron chi connectivity index (χ3n) is 4.45. The second kappa shape index (κ2) is 7.04. The first-order valence-electron chi connectivity index (χ1n) is 8.60. The van der Waals surface area contributed by atoms with Crippen LogP contribution < -0.4 is 0 Å². The standard InChI is InChI=1S/C22H26O4/c1-21(2,3)15-9-7-14(8-10-15)19(23)17-12-11-16(22(4,5)6)13-18(17)20(24)26-25/h7-13,25H,1-6H3. The van der Waals surface area contributed by atoms with Crippen LogP contribution in [0.1, 0.15) is 78.9 Å². The van der Waals surface area contributed by atoms with E-state index in [2.05, 4.69) is 25.7 Å². The van der Waals surface area contributed by atoms with Crippen LogP contribution >= 0.6 is 0 Å². The first-order chi connectivity index (χ1) is 11.9. The summed E-state index contributed by atoms with van der Waals surface area (Å²) >= 11 is 0. The first-order valence-corrected chi connectivity index (χ1v) is 8.60. The van der Waals surface area contributed by atoms with Gasteiger partial charge in [0.2, 0.25) is 0 Å². The molecule has 0 unspecified atom stereocenters. The van der Waals surface area contributed by atoms with Gasteiger partial charge < -0.3 is 0 Å². The minimum atomic E-state index is -0.939. The fraction of sp³-hybridized carbons (Fsp3) is 0.364. The average Bonchev–Trinajstić information content (AvgIpc) is 2.58. The summed E-state index contributed by atoms with van der Waals surface area (Å²) in [6, 6.07) is 12.4. The molecule has 0 fully saturated rings. The van der Waals surface area contributed by atoms with Crippen molar-refractivity contribution in [2.24, 2.45) is 0 Å². The van der Waals surface area contributed by atoms with E-state index in [0.29, 0.717) is 5.56 Å². The molecule has 0 aromatic heterocycles. The Morgan fingerprint density at radius 3 is 1.73 bits per heavy atom. The van der Waals surface area contributed by atoms with Gasteiger partial charge in [-0.3, -0.25) is 9.68 Å². The van der Waals surface area contributed by atoms with Crippen LogP contribution in [0.4, 0.5) is 0 Å². The molecule has 0 aliphatic heterocycles. The molecule has 2 aromatic rings. The predicted octanol–water partition coefficient (Wildman–Crippen LogP) is 5.14. The minimum Gasteiger partial charge on any atom is -0.295 e. The maximum absolute atomic E-state index is 12.9. The molecule has 0 saturated heterocycles. The third-order valence-corrected chi connectivity index (χ3v) is 4.45. The van der Waals surface area contributed by atoms with Crippen LogP contribution in [-0.4, -0.2) is 17.0 Å². The molecular weight excluding hydrogens is 328 g/mol. The van der Waals surface area contributed by atoms with Gasteiger partial charge in [0.15, 0.2) is 5.78 Å². The van der Waals surface area contributed by atoms with Gasteiger partial charge in [-0.15, -0.1) is 0 Å².